The molecule has 10 heteroatoms. The van der Waals surface area contributed by atoms with Gasteiger partial charge in [-0.15, -0.1) is 0 Å². The van der Waals surface area contributed by atoms with Crippen LogP contribution in [0.2, 0.25) is 0 Å². The van der Waals surface area contributed by atoms with E-state index >= 15 is 0 Å². The molecular formula is C14H14N3O6P. The Balaban J connectivity index is 1.92. The van der Waals surface area contributed by atoms with Crippen molar-refractivity contribution in [3.8, 4) is 0 Å². The molecule has 0 aliphatic rings. The Labute approximate surface area is 138 Å². The summed E-state index contributed by atoms with van der Waals surface area (Å²) in [7, 11) is -1.84. The Hall–Kier alpha value is -2.45. The number of hydrogen-bond acceptors (Lipinski definition) is 7. The van der Waals surface area contributed by atoms with Gasteiger partial charge in [0.2, 0.25) is 0 Å². The van der Waals surface area contributed by atoms with E-state index in [4.69, 9.17) is 14.6 Å². The number of nitro groups is 2. The maximum Gasteiger partial charge on any atom is 0.274 e. The number of nitrogens with zero attached hydrogens (tertiary/aromatic N) is 2. The standard InChI is InChI=1S/C14H14N3O6P/c15-24(22-9-11-5-1-3-7-13(11)16(18)19)23-10-12-6-2-4-8-14(12)17(20)21/h1-8H,9-10,15H2. The molecule has 24 heavy (non-hydrogen) atoms. The number of para-hydroxylation sites is 2. The van der Waals surface area contributed by atoms with Gasteiger partial charge >= 0.3 is 0 Å². The molecule has 2 rings (SSSR count). The van der Waals surface area contributed by atoms with E-state index in [9.17, 15) is 20.2 Å². The van der Waals surface area contributed by atoms with Gasteiger partial charge in [-0.1, -0.05) is 24.3 Å². The van der Waals surface area contributed by atoms with Crippen LogP contribution >= 0.6 is 8.53 Å². The summed E-state index contributed by atoms with van der Waals surface area (Å²) in [6.07, 6.45) is 0. The molecule has 0 spiro atoms. The fourth-order valence-corrected chi connectivity index (χ4v) is 2.53. The van der Waals surface area contributed by atoms with Crippen molar-refractivity contribution >= 4 is 19.9 Å². The number of nitrogens with two attached hydrogens (primary N) is 1. The van der Waals surface area contributed by atoms with Crippen LogP contribution in [0.5, 0.6) is 0 Å². The molecule has 0 unspecified atom stereocenters. The highest BCUT2D eigenvalue weighted by Crippen LogP contribution is 2.34. The molecule has 126 valence electrons. The van der Waals surface area contributed by atoms with Crippen LogP contribution in [-0.4, -0.2) is 9.85 Å². The monoisotopic (exact) mass is 351 g/mol. The SMILES string of the molecule is NP(OCc1ccccc1[N+](=O)[O-])OCc1ccccc1[N+](=O)[O-]. The van der Waals surface area contributed by atoms with Crippen LogP contribution < -0.4 is 5.50 Å². The molecule has 0 heterocycles. The fraction of sp³-hybridized carbons (Fsp3) is 0.143. The smallest absolute Gasteiger partial charge is 0.274 e. The topological polar surface area (TPSA) is 131 Å². The van der Waals surface area contributed by atoms with Gasteiger partial charge in [0.05, 0.1) is 34.2 Å². The Kier molecular flexibility index (Phi) is 6.28. The van der Waals surface area contributed by atoms with Crippen molar-refractivity contribution in [2.24, 2.45) is 5.50 Å². The summed E-state index contributed by atoms with van der Waals surface area (Å²) < 4.78 is 10.6. The second-order valence-electron chi connectivity index (χ2n) is 4.60. The lowest BCUT2D eigenvalue weighted by Gasteiger charge is -2.12. The normalized spacial score (nSPS) is 10.8. The maximum absolute atomic E-state index is 10.9. The van der Waals surface area contributed by atoms with Gasteiger partial charge < -0.3 is 9.05 Å². The molecular weight excluding hydrogens is 337 g/mol. The molecule has 9 nitrogen and oxygen atoms in total. The second kappa shape index (κ2) is 8.42. The molecule has 0 aliphatic heterocycles. The first-order valence-corrected chi connectivity index (χ1v) is 7.99. The van der Waals surface area contributed by atoms with Gasteiger partial charge in [0.15, 0.2) is 0 Å². The minimum absolute atomic E-state index is 0.0698. The second-order valence-corrected chi connectivity index (χ2v) is 5.69. The van der Waals surface area contributed by atoms with Crippen molar-refractivity contribution in [2.45, 2.75) is 13.2 Å². The Morgan fingerprint density at radius 3 is 1.58 bits per heavy atom. The van der Waals surface area contributed by atoms with E-state index in [2.05, 4.69) is 0 Å². The predicted molar refractivity (Wildman–Crippen MR) is 86.9 cm³/mol. The fourth-order valence-electron chi connectivity index (χ4n) is 1.93. The molecule has 0 saturated carbocycles. The molecule has 2 N–H and O–H groups in total. The van der Waals surface area contributed by atoms with Crippen molar-refractivity contribution in [3.05, 3.63) is 79.9 Å². The van der Waals surface area contributed by atoms with Gasteiger partial charge in [-0.05, 0) is 12.1 Å². The molecule has 0 atom stereocenters. The summed E-state index contributed by atoms with van der Waals surface area (Å²) in [5, 5.41) is 21.8. The number of rotatable bonds is 8. The van der Waals surface area contributed by atoms with Gasteiger partial charge in [-0.3, -0.25) is 25.7 Å². The van der Waals surface area contributed by atoms with E-state index in [0.717, 1.165) is 0 Å². The van der Waals surface area contributed by atoms with Crippen molar-refractivity contribution in [3.63, 3.8) is 0 Å². The van der Waals surface area contributed by atoms with Crippen molar-refractivity contribution in [1.29, 1.82) is 0 Å². The Morgan fingerprint density at radius 1 is 0.833 bits per heavy atom. The molecule has 0 aliphatic carbocycles. The van der Waals surface area contributed by atoms with E-state index < -0.39 is 18.4 Å². The van der Waals surface area contributed by atoms with E-state index in [1.807, 2.05) is 0 Å². The van der Waals surface area contributed by atoms with Gasteiger partial charge in [-0.25, -0.2) is 0 Å². The molecule has 0 bridgehead atoms. The van der Waals surface area contributed by atoms with Gasteiger partial charge in [0.1, 0.15) is 0 Å². The average Bonchev–Trinajstić information content (AvgIpc) is 2.58. The molecule has 0 amide bonds. The summed E-state index contributed by atoms with van der Waals surface area (Å²) >= 11 is 0. The van der Waals surface area contributed by atoms with Gasteiger partial charge in [-0.2, -0.15) is 0 Å². The van der Waals surface area contributed by atoms with Gasteiger partial charge in [0.25, 0.3) is 19.9 Å². The molecule has 2 aromatic rings. The minimum atomic E-state index is -1.84. The van der Waals surface area contributed by atoms with Crippen LogP contribution in [0, 0.1) is 20.2 Å². The summed E-state index contributed by atoms with van der Waals surface area (Å²) in [6.45, 7) is -0.174. The largest absolute Gasteiger partial charge is 0.317 e. The van der Waals surface area contributed by atoms with Crippen molar-refractivity contribution < 1.29 is 18.9 Å². The highest BCUT2D eigenvalue weighted by atomic mass is 31.2. The van der Waals surface area contributed by atoms with E-state index in [0.29, 0.717) is 11.1 Å². The van der Waals surface area contributed by atoms with Crippen LogP contribution in [0.4, 0.5) is 11.4 Å². The van der Waals surface area contributed by atoms with Crippen molar-refractivity contribution in [2.75, 3.05) is 0 Å². The van der Waals surface area contributed by atoms with E-state index in [-0.39, 0.29) is 24.6 Å². The first kappa shape index (κ1) is 17.9. The van der Waals surface area contributed by atoms with Crippen LogP contribution in [-0.2, 0) is 22.3 Å². The molecule has 0 radical (unpaired) electrons. The zero-order valence-electron chi connectivity index (χ0n) is 12.4. The highest BCUT2D eigenvalue weighted by Gasteiger charge is 2.16. The maximum atomic E-state index is 10.9. The molecule has 0 aromatic heterocycles. The van der Waals surface area contributed by atoms with Crippen LogP contribution in [0.25, 0.3) is 0 Å². The zero-order valence-corrected chi connectivity index (χ0v) is 13.3. The predicted octanol–water partition coefficient (Wildman–Crippen LogP) is 3.42. The Bertz CT molecular complexity index is 680. The number of benzene rings is 2. The quantitative estimate of drug-likeness (QED) is 0.438. The van der Waals surface area contributed by atoms with Crippen LogP contribution in [0.1, 0.15) is 11.1 Å². The first-order chi connectivity index (χ1) is 11.5. The highest BCUT2D eigenvalue weighted by molar-refractivity contribution is 7.44. The third-order valence-corrected chi connectivity index (χ3v) is 3.84. The van der Waals surface area contributed by atoms with E-state index in [1.165, 1.54) is 12.1 Å². The van der Waals surface area contributed by atoms with Crippen molar-refractivity contribution in [1.82, 2.24) is 0 Å². The van der Waals surface area contributed by atoms with Crippen LogP contribution in [0.3, 0.4) is 0 Å². The number of hydrogen-bond donors (Lipinski definition) is 1. The van der Waals surface area contributed by atoms with E-state index in [1.54, 1.807) is 36.4 Å². The lowest BCUT2D eigenvalue weighted by Crippen LogP contribution is -2.03. The number of nitro benzene ring substituents is 2. The summed E-state index contributed by atoms with van der Waals surface area (Å²) in [5.41, 5.74) is 6.30. The third-order valence-electron chi connectivity index (χ3n) is 3.07. The van der Waals surface area contributed by atoms with Crippen LogP contribution in [0.15, 0.2) is 48.5 Å². The summed E-state index contributed by atoms with van der Waals surface area (Å²) in [6, 6.07) is 12.3. The Morgan fingerprint density at radius 2 is 1.21 bits per heavy atom. The molecule has 0 fully saturated rings. The minimum Gasteiger partial charge on any atom is -0.317 e. The summed E-state index contributed by atoms with van der Waals surface area (Å²) in [4.78, 5) is 20.8. The molecule has 0 saturated heterocycles. The molecule has 2 aromatic carbocycles. The average molecular weight is 351 g/mol. The third kappa shape index (κ3) is 4.77. The summed E-state index contributed by atoms with van der Waals surface area (Å²) in [5.74, 6) is 0. The zero-order chi connectivity index (χ0) is 17.5. The van der Waals surface area contributed by atoms with Gasteiger partial charge in [0, 0.05) is 12.1 Å². The lowest BCUT2D eigenvalue weighted by atomic mass is 10.2. The lowest BCUT2D eigenvalue weighted by molar-refractivity contribution is -0.385. The first-order valence-electron chi connectivity index (χ1n) is 6.74.